The summed E-state index contributed by atoms with van der Waals surface area (Å²) >= 11 is 3.97. The van der Waals surface area contributed by atoms with Crippen LogP contribution in [0.3, 0.4) is 0 Å². The molecule has 2 saturated heterocycles. The van der Waals surface area contributed by atoms with Gasteiger partial charge in [0.15, 0.2) is 12.6 Å². The lowest BCUT2D eigenvalue weighted by Crippen LogP contribution is -2.68. The molecule has 0 bridgehead atoms. The molecular weight excluding hydrogens is 388 g/mol. The fourth-order valence-electron chi connectivity index (χ4n) is 3.08. The van der Waals surface area contributed by atoms with Crippen molar-refractivity contribution in [3.8, 4) is 0 Å². The van der Waals surface area contributed by atoms with E-state index < -0.39 is 74.1 Å². The molecule has 0 aromatic rings. The number of hydrogen-bond donors (Lipinski definition) is 8. The van der Waals surface area contributed by atoms with Gasteiger partial charge in [-0.25, -0.2) is 0 Å². The summed E-state index contributed by atoms with van der Waals surface area (Å²) in [6.45, 7) is -0.0122. The van der Waals surface area contributed by atoms with E-state index in [-0.39, 0.29) is 6.61 Å². The molecule has 0 aromatic carbocycles. The molecule has 0 spiro atoms. The molecule has 12 heteroatoms. The lowest BCUT2D eigenvalue weighted by atomic mass is 9.86. The number of aliphatic hydroxyl groups is 7. The number of rotatable bonds is 7. The van der Waals surface area contributed by atoms with Gasteiger partial charge in [-0.15, -0.1) is 0 Å². The fraction of sp³-hybridized carbons (Fsp3) is 1.00. The van der Waals surface area contributed by atoms with Gasteiger partial charge in [-0.3, -0.25) is 0 Å². The van der Waals surface area contributed by atoms with Crippen molar-refractivity contribution < 1.29 is 54.7 Å². The van der Waals surface area contributed by atoms with E-state index in [9.17, 15) is 35.7 Å². The van der Waals surface area contributed by atoms with E-state index in [1.54, 1.807) is 0 Å². The molecule has 10 atom stereocenters. The average Bonchev–Trinajstić information content (AvgIpc) is 2.65. The third kappa shape index (κ3) is 4.74. The van der Waals surface area contributed by atoms with Crippen molar-refractivity contribution in [2.45, 2.75) is 67.8 Å². The van der Waals surface area contributed by atoms with E-state index >= 15 is 0 Å². The quantitative estimate of drug-likeness (QED) is 0.189. The first-order chi connectivity index (χ1) is 12.7. The van der Waals surface area contributed by atoms with Crippen molar-refractivity contribution in [1.82, 2.24) is 0 Å². The third-order valence-electron chi connectivity index (χ3n) is 4.78. The van der Waals surface area contributed by atoms with Crippen molar-refractivity contribution >= 4 is 12.6 Å². The lowest BCUT2D eigenvalue weighted by Gasteiger charge is -2.49. The van der Waals surface area contributed by atoms with E-state index in [4.69, 9.17) is 18.9 Å². The largest absolute Gasteiger partial charge is 0.394 e. The summed E-state index contributed by atoms with van der Waals surface area (Å²) in [4.78, 5) is 0. The van der Waals surface area contributed by atoms with Crippen LogP contribution in [0.15, 0.2) is 0 Å². The zero-order valence-electron chi connectivity index (χ0n) is 14.7. The van der Waals surface area contributed by atoms with Crippen LogP contribution >= 0.6 is 12.6 Å². The minimum absolute atomic E-state index is 0.130. The van der Waals surface area contributed by atoms with Gasteiger partial charge < -0.3 is 54.7 Å². The standard InChI is InChI=1S/C15H28O11S/c1-15(22)11(20)7(5-17)25-14(12(15)21)26-10-6(4-16)24-13(23-2-3-27)9(19)8(10)18/h6-14,16-22,27H,2-5H2,1H3/t6?,7?,8?,9?,10-,11-,12?,13-,14+,15?/m1/s1. The van der Waals surface area contributed by atoms with Gasteiger partial charge in [0.25, 0.3) is 0 Å². The van der Waals surface area contributed by atoms with Crippen LogP contribution in [-0.4, -0.2) is 122 Å². The Morgan fingerprint density at radius 1 is 0.926 bits per heavy atom. The normalized spacial score (nSPS) is 48.6. The van der Waals surface area contributed by atoms with Crippen LogP contribution in [0.1, 0.15) is 6.92 Å². The Morgan fingerprint density at radius 3 is 2.07 bits per heavy atom. The molecular formula is C15H28O11S. The Kier molecular flexibility index (Phi) is 8.25. The predicted molar refractivity (Wildman–Crippen MR) is 90.8 cm³/mol. The highest BCUT2D eigenvalue weighted by molar-refractivity contribution is 7.80. The predicted octanol–water partition coefficient (Wildman–Crippen LogP) is -4.05. The summed E-state index contributed by atoms with van der Waals surface area (Å²) in [7, 11) is 0. The van der Waals surface area contributed by atoms with E-state index in [2.05, 4.69) is 12.6 Å². The number of ether oxygens (including phenoxy) is 4. The van der Waals surface area contributed by atoms with Crippen molar-refractivity contribution in [3.05, 3.63) is 0 Å². The van der Waals surface area contributed by atoms with Gasteiger partial charge in [0.05, 0.1) is 19.8 Å². The Bertz CT molecular complexity index is 465. The Hall–Kier alpha value is -0.0900. The lowest BCUT2D eigenvalue weighted by molar-refractivity contribution is -0.371. The SMILES string of the molecule is CC1(O)C(O)[C@H](O[C@@H]2C(CO)O[C@@H](OCCS)C(O)C2O)OC(CO)[C@H]1O. The zero-order valence-corrected chi connectivity index (χ0v) is 15.6. The summed E-state index contributed by atoms with van der Waals surface area (Å²) in [5, 5.41) is 69.9. The van der Waals surface area contributed by atoms with Crippen LogP contribution in [0.4, 0.5) is 0 Å². The maximum absolute atomic E-state index is 10.4. The molecule has 2 fully saturated rings. The Labute approximate surface area is 161 Å². The highest BCUT2D eigenvalue weighted by atomic mass is 32.1. The van der Waals surface area contributed by atoms with Crippen molar-refractivity contribution in [2.24, 2.45) is 0 Å². The maximum Gasteiger partial charge on any atom is 0.187 e. The topological polar surface area (TPSA) is 179 Å². The molecule has 27 heavy (non-hydrogen) atoms. The van der Waals surface area contributed by atoms with Crippen LogP contribution in [0.2, 0.25) is 0 Å². The smallest absolute Gasteiger partial charge is 0.187 e. The first-order valence-corrected chi connectivity index (χ1v) is 9.17. The average molecular weight is 416 g/mol. The molecule has 11 nitrogen and oxygen atoms in total. The van der Waals surface area contributed by atoms with Crippen LogP contribution in [0.25, 0.3) is 0 Å². The number of aliphatic hydroxyl groups excluding tert-OH is 6. The summed E-state index contributed by atoms with van der Waals surface area (Å²) < 4.78 is 21.4. The minimum Gasteiger partial charge on any atom is -0.394 e. The van der Waals surface area contributed by atoms with Gasteiger partial charge in [0.1, 0.15) is 48.3 Å². The van der Waals surface area contributed by atoms with Crippen LogP contribution < -0.4 is 0 Å². The minimum atomic E-state index is -2.08. The molecule has 0 aliphatic carbocycles. The van der Waals surface area contributed by atoms with Crippen molar-refractivity contribution in [3.63, 3.8) is 0 Å². The van der Waals surface area contributed by atoms with Gasteiger partial charge >= 0.3 is 0 Å². The van der Waals surface area contributed by atoms with E-state index in [1.807, 2.05) is 0 Å². The van der Waals surface area contributed by atoms with E-state index in [1.165, 1.54) is 0 Å². The van der Waals surface area contributed by atoms with Gasteiger partial charge in [0.2, 0.25) is 0 Å². The zero-order chi connectivity index (χ0) is 20.4. The monoisotopic (exact) mass is 416 g/mol. The first kappa shape index (κ1) is 23.2. The molecule has 0 saturated carbocycles. The maximum atomic E-state index is 10.4. The van der Waals surface area contributed by atoms with Gasteiger partial charge in [-0.1, -0.05) is 0 Å². The third-order valence-corrected chi connectivity index (χ3v) is 4.96. The molecule has 2 rings (SSSR count). The molecule has 6 unspecified atom stereocenters. The van der Waals surface area contributed by atoms with E-state index in [0.717, 1.165) is 6.92 Å². The Morgan fingerprint density at radius 2 is 1.52 bits per heavy atom. The molecule has 160 valence electrons. The molecule has 7 N–H and O–H groups in total. The number of thiol groups is 1. The van der Waals surface area contributed by atoms with Crippen LogP contribution in [-0.2, 0) is 18.9 Å². The second-order valence-electron chi connectivity index (χ2n) is 6.74. The molecule has 0 radical (unpaired) electrons. The highest BCUT2D eigenvalue weighted by Gasteiger charge is 2.55. The second kappa shape index (κ2) is 9.61. The second-order valence-corrected chi connectivity index (χ2v) is 7.19. The number of hydrogen-bond acceptors (Lipinski definition) is 12. The van der Waals surface area contributed by atoms with Crippen molar-refractivity contribution in [2.75, 3.05) is 25.6 Å². The van der Waals surface area contributed by atoms with Gasteiger partial charge in [-0.2, -0.15) is 12.6 Å². The Balaban J connectivity index is 2.14. The molecule has 2 aliphatic heterocycles. The molecule has 2 heterocycles. The van der Waals surface area contributed by atoms with Crippen LogP contribution in [0.5, 0.6) is 0 Å². The van der Waals surface area contributed by atoms with Gasteiger partial charge in [0, 0.05) is 5.75 Å². The summed E-state index contributed by atoms with van der Waals surface area (Å²) in [6.07, 6.45) is -13.0. The van der Waals surface area contributed by atoms with Crippen LogP contribution in [0, 0.1) is 0 Å². The molecule has 2 aliphatic rings. The summed E-state index contributed by atoms with van der Waals surface area (Å²) in [5.74, 6) is 0.342. The van der Waals surface area contributed by atoms with E-state index in [0.29, 0.717) is 5.75 Å². The van der Waals surface area contributed by atoms with Gasteiger partial charge in [-0.05, 0) is 6.92 Å². The summed E-state index contributed by atoms with van der Waals surface area (Å²) in [6, 6.07) is 0. The first-order valence-electron chi connectivity index (χ1n) is 8.54. The molecule has 0 aromatic heterocycles. The van der Waals surface area contributed by atoms with Crippen molar-refractivity contribution in [1.29, 1.82) is 0 Å². The summed E-state index contributed by atoms with van der Waals surface area (Å²) in [5.41, 5.74) is -2.08. The fourth-order valence-corrected chi connectivity index (χ4v) is 3.18. The molecule has 0 amide bonds. The highest BCUT2D eigenvalue weighted by Crippen LogP contribution is 2.33.